The lowest BCUT2D eigenvalue weighted by Crippen LogP contribution is -2.34. The second kappa shape index (κ2) is 8.67. The van der Waals surface area contributed by atoms with E-state index in [-0.39, 0.29) is 18.0 Å². The van der Waals surface area contributed by atoms with Crippen LogP contribution in [0, 0.1) is 5.41 Å². The summed E-state index contributed by atoms with van der Waals surface area (Å²) < 4.78 is 10.5. The molecule has 5 heteroatoms. The van der Waals surface area contributed by atoms with Gasteiger partial charge in [0.1, 0.15) is 12.5 Å². The summed E-state index contributed by atoms with van der Waals surface area (Å²) in [6, 6.07) is 9.23. The number of hydrogen-bond donors (Lipinski definition) is 0. The van der Waals surface area contributed by atoms with Gasteiger partial charge in [0, 0.05) is 18.9 Å². The summed E-state index contributed by atoms with van der Waals surface area (Å²) in [6.45, 7) is 6.53. The molecule has 0 aliphatic heterocycles. The van der Waals surface area contributed by atoms with Gasteiger partial charge in [-0.05, 0) is 19.7 Å². The van der Waals surface area contributed by atoms with Gasteiger partial charge >= 0.3 is 11.9 Å². The summed E-state index contributed by atoms with van der Waals surface area (Å²) in [6.07, 6.45) is 0. The first kappa shape index (κ1) is 19.2. The molecule has 0 saturated carbocycles. The van der Waals surface area contributed by atoms with Crippen LogP contribution < -0.4 is 0 Å². The molecule has 1 atom stereocenters. The van der Waals surface area contributed by atoms with Crippen molar-refractivity contribution in [2.45, 2.75) is 26.7 Å². The van der Waals surface area contributed by atoms with Gasteiger partial charge in [-0.1, -0.05) is 44.2 Å². The Morgan fingerprint density at radius 2 is 1.74 bits per heavy atom. The average Bonchev–Trinajstić information content (AvgIpc) is 2.45. The van der Waals surface area contributed by atoms with Crippen LogP contribution >= 0.6 is 0 Å². The Hall–Kier alpha value is -1.88. The van der Waals surface area contributed by atoms with Crippen molar-refractivity contribution in [2.24, 2.45) is 5.41 Å². The van der Waals surface area contributed by atoms with Crippen LogP contribution in [0.2, 0.25) is 0 Å². The normalized spacial score (nSPS) is 12.8. The molecule has 5 nitrogen and oxygen atoms in total. The molecule has 0 N–H and O–H groups in total. The summed E-state index contributed by atoms with van der Waals surface area (Å²) in [5, 5.41) is 0. The molecular formula is C18H27NO4. The summed E-state index contributed by atoms with van der Waals surface area (Å²) in [5.74, 6) is -1.38. The minimum atomic E-state index is -0.602. The van der Waals surface area contributed by atoms with Gasteiger partial charge in [0.15, 0.2) is 0 Å². The van der Waals surface area contributed by atoms with E-state index in [0.717, 1.165) is 12.1 Å². The van der Waals surface area contributed by atoms with Crippen molar-refractivity contribution in [3.63, 3.8) is 0 Å². The van der Waals surface area contributed by atoms with Gasteiger partial charge in [-0.15, -0.1) is 0 Å². The number of nitrogens with zero attached hydrogens (tertiary/aromatic N) is 1. The van der Waals surface area contributed by atoms with E-state index in [0.29, 0.717) is 6.61 Å². The molecular weight excluding hydrogens is 294 g/mol. The maximum absolute atomic E-state index is 12.5. The van der Waals surface area contributed by atoms with Gasteiger partial charge in [-0.3, -0.25) is 9.59 Å². The van der Waals surface area contributed by atoms with Crippen LogP contribution in [0.4, 0.5) is 0 Å². The van der Waals surface area contributed by atoms with E-state index in [2.05, 4.69) is 4.90 Å². The highest BCUT2D eigenvalue weighted by Gasteiger charge is 2.27. The molecule has 0 aliphatic carbocycles. The molecule has 0 aromatic heterocycles. The average molecular weight is 321 g/mol. The molecule has 23 heavy (non-hydrogen) atoms. The molecule has 0 fully saturated rings. The Bertz CT molecular complexity index is 511. The van der Waals surface area contributed by atoms with E-state index in [4.69, 9.17) is 9.47 Å². The highest BCUT2D eigenvalue weighted by molar-refractivity contribution is 5.79. The predicted molar refractivity (Wildman–Crippen MR) is 89.1 cm³/mol. The number of esters is 2. The van der Waals surface area contributed by atoms with Crippen LogP contribution in [0.3, 0.4) is 0 Å². The minimum absolute atomic E-state index is 0.00765. The van der Waals surface area contributed by atoms with E-state index in [9.17, 15) is 9.59 Å². The topological polar surface area (TPSA) is 55.8 Å². The van der Waals surface area contributed by atoms with E-state index in [1.807, 2.05) is 58.3 Å². The number of hydrogen-bond acceptors (Lipinski definition) is 5. The minimum Gasteiger partial charge on any atom is -0.465 e. The summed E-state index contributed by atoms with van der Waals surface area (Å²) in [5.41, 5.74) is 0.631. The molecule has 0 heterocycles. The van der Waals surface area contributed by atoms with Gasteiger partial charge in [0.05, 0.1) is 6.61 Å². The molecule has 1 rings (SSSR count). The zero-order chi connectivity index (χ0) is 17.5. The van der Waals surface area contributed by atoms with Gasteiger partial charge in [0.25, 0.3) is 0 Å². The Morgan fingerprint density at radius 3 is 2.26 bits per heavy atom. The van der Waals surface area contributed by atoms with Crippen LogP contribution in [0.25, 0.3) is 0 Å². The lowest BCUT2D eigenvalue weighted by atomic mass is 9.94. The third kappa shape index (κ3) is 7.28. The Morgan fingerprint density at radius 1 is 1.13 bits per heavy atom. The third-order valence-electron chi connectivity index (χ3n) is 3.29. The van der Waals surface area contributed by atoms with E-state index in [1.165, 1.54) is 6.92 Å². The van der Waals surface area contributed by atoms with Crippen molar-refractivity contribution in [3.8, 4) is 0 Å². The van der Waals surface area contributed by atoms with Gasteiger partial charge in [0.2, 0.25) is 0 Å². The van der Waals surface area contributed by atoms with Crippen molar-refractivity contribution in [1.82, 2.24) is 4.90 Å². The molecule has 0 radical (unpaired) electrons. The second-order valence-electron chi connectivity index (χ2n) is 6.78. The van der Waals surface area contributed by atoms with Crippen molar-refractivity contribution in [3.05, 3.63) is 35.9 Å². The van der Waals surface area contributed by atoms with Crippen LogP contribution in [0.1, 0.15) is 32.3 Å². The fourth-order valence-electron chi connectivity index (χ4n) is 2.46. The molecule has 0 amide bonds. The number of rotatable bonds is 8. The van der Waals surface area contributed by atoms with Crippen molar-refractivity contribution < 1.29 is 19.1 Å². The largest absolute Gasteiger partial charge is 0.465 e. The third-order valence-corrected chi connectivity index (χ3v) is 3.29. The van der Waals surface area contributed by atoms with Gasteiger partial charge in [-0.25, -0.2) is 0 Å². The van der Waals surface area contributed by atoms with Crippen molar-refractivity contribution in [1.29, 1.82) is 0 Å². The Labute approximate surface area is 138 Å². The second-order valence-corrected chi connectivity index (χ2v) is 6.78. The quantitative estimate of drug-likeness (QED) is 0.689. The molecule has 1 aromatic carbocycles. The fourth-order valence-corrected chi connectivity index (χ4v) is 2.46. The maximum atomic E-state index is 12.5. The summed E-state index contributed by atoms with van der Waals surface area (Å²) in [7, 11) is 3.97. The smallest absolute Gasteiger partial charge is 0.316 e. The van der Waals surface area contributed by atoms with Crippen molar-refractivity contribution >= 4 is 11.9 Å². The SMILES string of the molecule is CC(=O)OCC(C(=O)OCC(C)(C)CN(C)C)c1ccccc1. The van der Waals surface area contributed by atoms with Crippen LogP contribution in [0.5, 0.6) is 0 Å². The molecule has 0 bridgehead atoms. The van der Waals surface area contributed by atoms with E-state index in [1.54, 1.807) is 0 Å². The highest BCUT2D eigenvalue weighted by Crippen LogP contribution is 2.21. The van der Waals surface area contributed by atoms with Crippen LogP contribution in [0.15, 0.2) is 30.3 Å². The summed E-state index contributed by atoms with van der Waals surface area (Å²) >= 11 is 0. The standard InChI is InChI=1S/C18H27NO4/c1-14(20)22-11-16(15-9-7-6-8-10-15)17(21)23-13-18(2,3)12-19(4)5/h6-10,16H,11-13H2,1-5H3. The lowest BCUT2D eigenvalue weighted by Gasteiger charge is -2.28. The number of ether oxygens (including phenoxy) is 2. The first-order valence-corrected chi connectivity index (χ1v) is 7.71. The predicted octanol–water partition coefficient (Wildman–Crippen LogP) is 2.46. The zero-order valence-electron chi connectivity index (χ0n) is 14.7. The molecule has 1 aromatic rings. The van der Waals surface area contributed by atoms with Gasteiger partial charge < -0.3 is 14.4 Å². The molecule has 0 spiro atoms. The first-order valence-electron chi connectivity index (χ1n) is 7.71. The number of carbonyl (C=O) groups excluding carboxylic acids is 2. The lowest BCUT2D eigenvalue weighted by molar-refractivity contribution is -0.153. The number of carbonyl (C=O) groups is 2. The Balaban J connectivity index is 2.74. The zero-order valence-corrected chi connectivity index (χ0v) is 14.7. The van der Waals surface area contributed by atoms with Crippen molar-refractivity contribution in [2.75, 3.05) is 33.9 Å². The molecule has 128 valence electrons. The Kier molecular flexibility index (Phi) is 7.23. The first-order chi connectivity index (χ1) is 10.7. The highest BCUT2D eigenvalue weighted by atomic mass is 16.5. The molecule has 0 saturated heterocycles. The molecule has 0 aliphatic rings. The number of benzene rings is 1. The summed E-state index contributed by atoms with van der Waals surface area (Å²) in [4.78, 5) is 25.6. The van der Waals surface area contributed by atoms with Gasteiger partial charge in [-0.2, -0.15) is 0 Å². The monoisotopic (exact) mass is 321 g/mol. The van der Waals surface area contributed by atoms with E-state index < -0.39 is 11.9 Å². The van der Waals surface area contributed by atoms with Crippen LogP contribution in [-0.2, 0) is 19.1 Å². The maximum Gasteiger partial charge on any atom is 0.316 e. The molecule has 1 unspecified atom stereocenters. The fraction of sp³-hybridized carbons (Fsp3) is 0.556. The van der Waals surface area contributed by atoms with Crippen LogP contribution in [-0.4, -0.2) is 50.7 Å². The van der Waals surface area contributed by atoms with E-state index >= 15 is 0 Å².